The third kappa shape index (κ3) is 3.49. The van der Waals surface area contributed by atoms with E-state index in [0.717, 1.165) is 43.0 Å². The van der Waals surface area contributed by atoms with Crippen LogP contribution in [0.2, 0.25) is 0 Å². The molecule has 3 nitrogen and oxygen atoms in total. The first kappa shape index (κ1) is 13.9. The second-order valence-corrected chi connectivity index (χ2v) is 5.76. The van der Waals surface area contributed by atoms with Gasteiger partial charge in [0.1, 0.15) is 0 Å². The normalized spacial score (nSPS) is 23.4. The zero-order chi connectivity index (χ0) is 13.8. The van der Waals surface area contributed by atoms with Crippen molar-refractivity contribution in [1.29, 1.82) is 0 Å². The lowest BCUT2D eigenvalue weighted by molar-refractivity contribution is -0.135. The zero-order valence-corrected chi connectivity index (χ0v) is 11.9. The Bertz CT molecular complexity index is 444. The number of nitrogen functional groups attached to an aromatic ring is 1. The lowest BCUT2D eigenvalue weighted by Gasteiger charge is -2.36. The van der Waals surface area contributed by atoms with Crippen molar-refractivity contribution < 1.29 is 4.79 Å². The summed E-state index contributed by atoms with van der Waals surface area (Å²) in [6.45, 7) is 5.33. The molecule has 1 fully saturated rings. The van der Waals surface area contributed by atoms with E-state index in [9.17, 15) is 4.79 Å². The lowest BCUT2D eigenvalue weighted by atomic mass is 9.93. The SMILES string of the molecule is CC1CCN(C(=O)CCc2ccccc2N)C(C)C1. The van der Waals surface area contributed by atoms with E-state index in [2.05, 4.69) is 13.8 Å². The van der Waals surface area contributed by atoms with Crippen LogP contribution in [0, 0.1) is 5.92 Å². The number of benzene rings is 1. The molecule has 0 radical (unpaired) electrons. The Morgan fingerprint density at radius 2 is 2.11 bits per heavy atom. The van der Waals surface area contributed by atoms with Gasteiger partial charge < -0.3 is 10.6 Å². The van der Waals surface area contributed by atoms with Crippen molar-refractivity contribution in [2.45, 2.75) is 45.6 Å². The minimum absolute atomic E-state index is 0.266. The van der Waals surface area contributed by atoms with Crippen molar-refractivity contribution in [3.05, 3.63) is 29.8 Å². The van der Waals surface area contributed by atoms with E-state index in [0.29, 0.717) is 12.5 Å². The van der Waals surface area contributed by atoms with E-state index in [1.165, 1.54) is 0 Å². The molecule has 0 aliphatic carbocycles. The van der Waals surface area contributed by atoms with Gasteiger partial charge in [-0.1, -0.05) is 25.1 Å². The number of anilines is 1. The van der Waals surface area contributed by atoms with Crippen molar-refractivity contribution in [2.75, 3.05) is 12.3 Å². The van der Waals surface area contributed by atoms with Gasteiger partial charge in [-0.05, 0) is 43.7 Å². The minimum Gasteiger partial charge on any atom is -0.399 e. The number of hydrogen-bond donors (Lipinski definition) is 1. The van der Waals surface area contributed by atoms with Crippen LogP contribution in [-0.4, -0.2) is 23.4 Å². The molecule has 3 heteroatoms. The molecule has 0 saturated carbocycles. The highest BCUT2D eigenvalue weighted by Gasteiger charge is 2.26. The summed E-state index contributed by atoms with van der Waals surface area (Å²) in [6, 6.07) is 8.18. The van der Waals surface area contributed by atoms with Crippen LogP contribution in [0.5, 0.6) is 0 Å². The minimum atomic E-state index is 0.266. The Hall–Kier alpha value is -1.51. The van der Waals surface area contributed by atoms with E-state index in [1.807, 2.05) is 29.2 Å². The smallest absolute Gasteiger partial charge is 0.223 e. The largest absolute Gasteiger partial charge is 0.399 e. The Labute approximate surface area is 115 Å². The standard InChI is InChI=1S/C16H24N2O/c1-12-9-10-18(13(2)11-12)16(19)8-7-14-5-3-4-6-15(14)17/h3-6,12-13H,7-11,17H2,1-2H3. The summed E-state index contributed by atoms with van der Waals surface area (Å²) in [5.74, 6) is 1.01. The molecule has 0 aromatic heterocycles. The predicted octanol–water partition coefficient (Wildman–Crippen LogP) is 2.85. The molecule has 2 rings (SSSR count). The molecule has 104 valence electrons. The molecule has 2 atom stereocenters. The molecule has 1 aromatic rings. The first-order chi connectivity index (χ1) is 9.08. The summed E-state index contributed by atoms with van der Waals surface area (Å²) in [5.41, 5.74) is 7.77. The molecule has 2 unspecified atom stereocenters. The zero-order valence-electron chi connectivity index (χ0n) is 11.9. The predicted molar refractivity (Wildman–Crippen MR) is 78.7 cm³/mol. The average molecular weight is 260 g/mol. The van der Waals surface area contributed by atoms with Gasteiger partial charge in [0.05, 0.1) is 0 Å². The summed E-state index contributed by atoms with van der Waals surface area (Å²) in [5, 5.41) is 0. The maximum atomic E-state index is 12.3. The number of para-hydroxylation sites is 1. The number of nitrogens with zero attached hydrogens (tertiary/aromatic N) is 1. The van der Waals surface area contributed by atoms with Crippen LogP contribution >= 0.6 is 0 Å². The fraction of sp³-hybridized carbons (Fsp3) is 0.562. The lowest BCUT2D eigenvalue weighted by Crippen LogP contribution is -2.44. The molecule has 1 aliphatic heterocycles. The van der Waals surface area contributed by atoms with E-state index in [4.69, 9.17) is 5.73 Å². The topological polar surface area (TPSA) is 46.3 Å². The first-order valence-electron chi connectivity index (χ1n) is 7.20. The van der Waals surface area contributed by atoms with Gasteiger partial charge in [-0.3, -0.25) is 4.79 Å². The summed E-state index contributed by atoms with van der Waals surface area (Å²) in [7, 11) is 0. The molecule has 1 heterocycles. The van der Waals surface area contributed by atoms with Gasteiger partial charge in [0, 0.05) is 24.7 Å². The monoisotopic (exact) mass is 260 g/mol. The number of likely N-dealkylation sites (tertiary alicyclic amines) is 1. The van der Waals surface area contributed by atoms with Crippen LogP contribution in [0.3, 0.4) is 0 Å². The van der Waals surface area contributed by atoms with Crippen LogP contribution in [0.1, 0.15) is 38.7 Å². The van der Waals surface area contributed by atoms with Gasteiger partial charge in [0.15, 0.2) is 0 Å². The fourth-order valence-corrected chi connectivity index (χ4v) is 2.92. The maximum absolute atomic E-state index is 12.3. The molecule has 1 amide bonds. The van der Waals surface area contributed by atoms with Gasteiger partial charge in [-0.25, -0.2) is 0 Å². The number of amides is 1. The molecular weight excluding hydrogens is 236 g/mol. The molecule has 1 saturated heterocycles. The Morgan fingerprint density at radius 1 is 1.37 bits per heavy atom. The van der Waals surface area contributed by atoms with Crippen molar-refractivity contribution in [3.8, 4) is 0 Å². The van der Waals surface area contributed by atoms with Crippen molar-refractivity contribution in [1.82, 2.24) is 4.90 Å². The highest BCUT2D eigenvalue weighted by Crippen LogP contribution is 2.23. The molecule has 1 aliphatic rings. The van der Waals surface area contributed by atoms with E-state index >= 15 is 0 Å². The van der Waals surface area contributed by atoms with Crippen LogP contribution in [0.15, 0.2) is 24.3 Å². The van der Waals surface area contributed by atoms with Crippen LogP contribution in [0.4, 0.5) is 5.69 Å². The second-order valence-electron chi connectivity index (χ2n) is 5.76. The summed E-state index contributed by atoms with van der Waals surface area (Å²) in [4.78, 5) is 14.3. The molecule has 1 aromatic carbocycles. The highest BCUT2D eigenvalue weighted by atomic mass is 16.2. The number of aryl methyl sites for hydroxylation is 1. The molecular formula is C16H24N2O. The van der Waals surface area contributed by atoms with Crippen molar-refractivity contribution >= 4 is 11.6 Å². The van der Waals surface area contributed by atoms with E-state index in [-0.39, 0.29) is 5.91 Å². The number of carbonyl (C=O) groups excluding carboxylic acids is 1. The number of hydrogen-bond acceptors (Lipinski definition) is 2. The van der Waals surface area contributed by atoms with Crippen molar-refractivity contribution in [3.63, 3.8) is 0 Å². The maximum Gasteiger partial charge on any atom is 0.223 e. The highest BCUT2D eigenvalue weighted by molar-refractivity contribution is 5.77. The first-order valence-corrected chi connectivity index (χ1v) is 7.20. The Balaban J connectivity index is 1.89. The number of nitrogens with two attached hydrogens (primary N) is 1. The van der Waals surface area contributed by atoms with Crippen LogP contribution < -0.4 is 5.73 Å². The van der Waals surface area contributed by atoms with Gasteiger partial charge >= 0.3 is 0 Å². The molecule has 2 N–H and O–H groups in total. The van der Waals surface area contributed by atoms with Gasteiger partial charge in [-0.2, -0.15) is 0 Å². The van der Waals surface area contributed by atoms with Crippen LogP contribution in [-0.2, 0) is 11.2 Å². The Morgan fingerprint density at radius 3 is 2.79 bits per heavy atom. The summed E-state index contributed by atoms with van der Waals surface area (Å²) >= 11 is 0. The van der Waals surface area contributed by atoms with Gasteiger partial charge in [0.25, 0.3) is 0 Å². The number of piperidine rings is 1. The van der Waals surface area contributed by atoms with Crippen molar-refractivity contribution in [2.24, 2.45) is 5.92 Å². The average Bonchev–Trinajstić information content (AvgIpc) is 2.37. The number of rotatable bonds is 3. The van der Waals surface area contributed by atoms with E-state index < -0.39 is 0 Å². The second kappa shape index (κ2) is 6.09. The fourth-order valence-electron chi connectivity index (χ4n) is 2.92. The third-order valence-corrected chi connectivity index (χ3v) is 4.12. The molecule has 0 bridgehead atoms. The van der Waals surface area contributed by atoms with Gasteiger partial charge in [0.2, 0.25) is 5.91 Å². The third-order valence-electron chi connectivity index (χ3n) is 4.12. The van der Waals surface area contributed by atoms with E-state index in [1.54, 1.807) is 0 Å². The Kier molecular flexibility index (Phi) is 4.46. The number of carbonyl (C=O) groups is 1. The van der Waals surface area contributed by atoms with Crippen LogP contribution in [0.25, 0.3) is 0 Å². The summed E-state index contributed by atoms with van der Waals surface area (Å²) in [6.07, 6.45) is 3.56. The molecule has 19 heavy (non-hydrogen) atoms. The van der Waals surface area contributed by atoms with Gasteiger partial charge in [-0.15, -0.1) is 0 Å². The molecule has 0 spiro atoms. The quantitative estimate of drug-likeness (QED) is 0.849. The summed E-state index contributed by atoms with van der Waals surface area (Å²) < 4.78 is 0.